The molecule has 2 rings (SSSR count). The van der Waals surface area contributed by atoms with E-state index < -0.39 is 0 Å². The van der Waals surface area contributed by atoms with Crippen LogP contribution >= 0.6 is 11.8 Å². The van der Waals surface area contributed by atoms with Gasteiger partial charge in [0.1, 0.15) is 5.75 Å². The second-order valence-corrected chi connectivity index (χ2v) is 6.24. The van der Waals surface area contributed by atoms with Crippen molar-refractivity contribution in [3.05, 3.63) is 29.8 Å². The molecule has 4 heteroatoms. The molecule has 0 amide bonds. The van der Waals surface area contributed by atoms with Gasteiger partial charge in [0.25, 0.3) is 0 Å². The van der Waals surface area contributed by atoms with Gasteiger partial charge in [-0.15, -0.1) is 0 Å². The Morgan fingerprint density at radius 2 is 2.24 bits per heavy atom. The molecule has 1 aliphatic rings. The van der Waals surface area contributed by atoms with Crippen molar-refractivity contribution in [3.8, 4) is 5.75 Å². The highest BCUT2D eigenvalue weighted by molar-refractivity contribution is 8.00. The van der Waals surface area contributed by atoms with Gasteiger partial charge in [-0.3, -0.25) is 11.3 Å². The molecule has 1 heterocycles. The third-order valence-electron chi connectivity index (χ3n) is 3.48. The molecule has 3 nitrogen and oxygen atoms in total. The zero-order chi connectivity index (χ0) is 12.3. The maximum absolute atomic E-state index is 5.77. The van der Waals surface area contributed by atoms with E-state index in [-0.39, 0.29) is 10.8 Å². The smallest absolute Gasteiger partial charge is 0.123 e. The Labute approximate surface area is 107 Å². The van der Waals surface area contributed by atoms with E-state index in [9.17, 15) is 0 Å². The lowest BCUT2D eigenvalue weighted by molar-refractivity contribution is 0.375. The molecule has 17 heavy (non-hydrogen) atoms. The van der Waals surface area contributed by atoms with E-state index in [1.807, 2.05) is 30.0 Å². The number of hydrazine groups is 1. The molecule has 3 N–H and O–H groups in total. The predicted octanol–water partition coefficient (Wildman–Crippen LogP) is 2.49. The van der Waals surface area contributed by atoms with Gasteiger partial charge in [0, 0.05) is 10.3 Å². The standard InChI is InChI=1S/C13H20N2OS/c1-13(8-5-9-17-13)12(15-14)10-6-3-4-7-11(10)16-2/h3-4,6-7,12,15H,5,8-9,14H2,1-2H3. The first kappa shape index (κ1) is 12.7. The number of benzene rings is 1. The number of ether oxygens (including phenoxy) is 1. The van der Waals surface area contributed by atoms with Gasteiger partial charge in [0.2, 0.25) is 0 Å². The molecule has 0 aliphatic carbocycles. The topological polar surface area (TPSA) is 47.3 Å². The fourth-order valence-corrected chi connectivity index (χ4v) is 3.93. The molecular weight excluding hydrogens is 232 g/mol. The number of thioether (sulfide) groups is 1. The molecule has 1 aromatic rings. The van der Waals surface area contributed by atoms with Gasteiger partial charge in [-0.05, 0) is 31.6 Å². The minimum absolute atomic E-state index is 0.131. The Kier molecular flexibility index (Phi) is 3.97. The van der Waals surface area contributed by atoms with Crippen molar-refractivity contribution in [2.45, 2.75) is 30.6 Å². The number of nitrogens with two attached hydrogens (primary N) is 1. The van der Waals surface area contributed by atoms with Crippen molar-refractivity contribution in [2.75, 3.05) is 12.9 Å². The Balaban J connectivity index is 2.34. The van der Waals surface area contributed by atoms with Gasteiger partial charge in [0.05, 0.1) is 13.2 Å². The zero-order valence-corrected chi connectivity index (χ0v) is 11.2. The monoisotopic (exact) mass is 252 g/mol. The quantitative estimate of drug-likeness (QED) is 0.638. The number of hydrogen-bond donors (Lipinski definition) is 2. The Morgan fingerprint density at radius 1 is 1.47 bits per heavy atom. The van der Waals surface area contributed by atoms with E-state index in [1.165, 1.54) is 18.6 Å². The predicted molar refractivity (Wildman–Crippen MR) is 73.2 cm³/mol. The largest absolute Gasteiger partial charge is 0.496 e. The maximum atomic E-state index is 5.77. The molecule has 1 saturated heterocycles. The molecule has 1 fully saturated rings. The van der Waals surface area contributed by atoms with Crippen molar-refractivity contribution in [1.82, 2.24) is 5.43 Å². The van der Waals surface area contributed by atoms with Gasteiger partial charge in [0.15, 0.2) is 0 Å². The van der Waals surface area contributed by atoms with Crippen LogP contribution < -0.4 is 16.0 Å². The zero-order valence-electron chi connectivity index (χ0n) is 10.4. The van der Waals surface area contributed by atoms with Gasteiger partial charge >= 0.3 is 0 Å². The summed E-state index contributed by atoms with van der Waals surface area (Å²) in [6, 6.07) is 8.23. The maximum Gasteiger partial charge on any atom is 0.123 e. The minimum atomic E-state index is 0.131. The molecule has 0 spiro atoms. The van der Waals surface area contributed by atoms with Gasteiger partial charge in [-0.25, -0.2) is 0 Å². The molecule has 2 unspecified atom stereocenters. The molecule has 2 atom stereocenters. The van der Waals surface area contributed by atoms with Crippen LogP contribution in [-0.4, -0.2) is 17.6 Å². The molecule has 94 valence electrons. The SMILES string of the molecule is COc1ccccc1C(NN)C1(C)CCCS1. The number of para-hydroxylation sites is 1. The van der Waals surface area contributed by atoms with Crippen LogP contribution in [0.25, 0.3) is 0 Å². The van der Waals surface area contributed by atoms with Crippen LogP contribution in [0.2, 0.25) is 0 Å². The normalized spacial score (nSPS) is 25.8. The lowest BCUT2D eigenvalue weighted by Crippen LogP contribution is -2.41. The lowest BCUT2D eigenvalue weighted by Gasteiger charge is -2.33. The second-order valence-electron chi connectivity index (χ2n) is 4.61. The molecular formula is C13H20N2OS. The van der Waals surface area contributed by atoms with E-state index in [1.54, 1.807) is 7.11 Å². The summed E-state index contributed by atoms with van der Waals surface area (Å²) >= 11 is 1.99. The van der Waals surface area contributed by atoms with E-state index in [2.05, 4.69) is 18.4 Å². The molecule has 0 aromatic heterocycles. The van der Waals surface area contributed by atoms with Gasteiger partial charge in [-0.1, -0.05) is 18.2 Å². The fourth-order valence-electron chi connectivity index (χ4n) is 2.53. The highest BCUT2D eigenvalue weighted by atomic mass is 32.2. The van der Waals surface area contributed by atoms with Crippen LogP contribution in [0.3, 0.4) is 0 Å². The number of rotatable bonds is 4. The average molecular weight is 252 g/mol. The number of nitrogens with one attached hydrogen (secondary N) is 1. The summed E-state index contributed by atoms with van der Waals surface area (Å²) in [5.41, 5.74) is 4.12. The van der Waals surface area contributed by atoms with Crippen LogP contribution in [0.15, 0.2) is 24.3 Å². The van der Waals surface area contributed by atoms with Crippen LogP contribution in [0.5, 0.6) is 5.75 Å². The fraction of sp³-hybridized carbons (Fsp3) is 0.538. The summed E-state index contributed by atoms with van der Waals surface area (Å²) in [5.74, 6) is 7.89. The summed E-state index contributed by atoms with van der Waals surface area (Å²) in [7, 11) is 1.70. The molecule has 1 aliphatic heterocycles. The Bertz CT molecular complexity index is 377. The Morgan fingerprint density at radius 3 is 2.82 bits per heavy atom. The summed E-state index contributed by atoms with van der Waals surface area (Å²) in [6.45, 7) is 2.28. The minimum Gasteiger partial charge on any atom is -0.496 e. The van der Waals surface area contributed by atoms with Crippen molar-refractivity contribution < 1.29 is 4.74 Å². The number of hydrogen-bond acceptors (Lipinski definition) is 4. The van der Waals surface area contributed by atoms with Crippen molar-refractivity contribution in [1.29, 1.82) is 0 Å². The van der Waals surface area contributed by atoms with Crippen LogP contribution in [-0.2, 0) is 0 Å². The molecule has 0 bridgehead atoms. The van der Waals surface area contributed by atoms with Gasteiger partial charge in [-0.2, -0.15) is 11.8 Å². The Hall–Kier alpha value is -0.710. The van der Waals surface area contributed by atoms with Gasteiger partial charge < -0.3 is 4.74 Å². The summed E-state index contributed by atoms with van der Waals surface area (Å²) < 4.78 is 5.58. The van der Waals surface area contributed by atoms with Crippen molar-refractivity contribution in [3.63, 3.8) is 0 Å². The summed E-state index contributed by atoms with van der Waals surface area (Å²) in [4.78, 5) is 0. The third-order valence-corrected chi connectivity index (χ3v) is 5.07. The first-order chi connectivity index (χ1) is 8.21. The van der Waals surface area contributed by atoms with E-state index in [4.69, 9.17) is 10.6 Å². The van der Waals surface area contributed by atoms with E-state index in [0.29, 0.717) is 0 Å². The van der Waals surface area contributed by atoms with Crippen LogP contribution in [0.4, 0.5) is 0 Å². The second kappa shape index (κ2) is 5.29. The summed E-state index contributed by atoms with van der Waals surface area (Å²) in [5, 5.41) is 0. The van der Waals surface area contributed by atoms with Crippen molar-refractivity contribution >= 4 is 11.8 Å². The number of methoxy groups -OCH3 is 1. The molecule has 1 aromatic carbocycles. The average Bonchev–Trinajstić information content (AvgIpc) is 2.78. The first-order valence-electron chi connectivity index (χ1n) is 5.94. The van der Waals surface area contributed by atoms with E-state index in [0.717, 1.165) is 11.3 Å². The highest BCUT2D eigenvalue weighted by Crippen LogP contribution is 2.47. The highest BCUT2D eigenvalue weighted by Gasteiger charge is 2.39. The summed E-state index contributed by atoms with van der Waals surface area (Å²) in [6.07, 6.45) is 2.44. The van der Waals surface area contributed by atoms with Crippen molar-refractivity contribution in [2.24, 2.45) is 5.84 Å². The molecule has 0 saturated carbocycles. The molecule has 0 radical (unpaired) electrons. The third kappa shape index (κ3) is 2.44. The van der Waals surface area contributed by atoms with Crippen LogP contribution in [0, 0.1) is 0 Å². The van der Waals surface area contributed by atoms with Crippen LogP contribution in [0.1, 0.15) is 31.4 Å². The lowest BCUT2D eigenvalue weighted by atomic mass is 9.90. The first-order valence-corrected chi connectivity index (χ1v) is 6.93. The van der Waals surface area contributed by atoms with E-state index >= 15 is 0 Å².